The van der Waals surface area contributed by atoms with Crippen LogP contribution in [0.1, 0.15) is 19.8 Å². The molecule has 0 bridgehead atoms. The lowest BCUT2D eigenvalue weighted by atomic mass is 10.2. The Labute approximate surface area is 103 Å². The van der Waals surface area contributed by atoms with Crippen molar-refractivity contribution in [3.63, 3.8) is 0 Å². The van der Waals surface area contributed by atoms with Crippen LogP contribution in [0.4, 0.5) is 0 Å². The Morgan fingerprint density at radius 2 is 2.06 bits per heavy atom. The molecule has 0 N–H and O–H groups in total. The van der Waals surface area contributed by atoms with Crippen LogP contribution in [0.2, 0.25) is 0 Å². The molecule has 1 saturated heterocycles. The molecule has 0 aromatic carbocycles. The summed E-state index contributed by atoms with van der Waals surface area (Å²) in [5, 5.41) is 8.58. The number of hydrogen-bond acceptors (Lipinski definition) is 4. The van der Waals surface area contributed by atoms with E-state index in [2.05, 4.69) is 11.0 Å². The number of piperazine rings is 1. The monoisotopic (exact) mass is 239 g/mol. The van der Waals surface area contributed by atoms with Crippen molar-refractivity contribution < 1.29 is 9.53 Å². The van der Waals surface area contributed by atoms with Gasteiger partial charge < -0.3 is 9.64 Å². The van der Waals surface area contributed by atoms with Gasteiger partial charge in [-0.15, -0.1) is 0 Å². The highest BCUT2D eigenvalue weighted by Gasteiger charge is 2.20. The first kappa shape index (κ1) is 13.9. The van der Waals surface area contributed by atoms with Gasteiger partial charge in [-0.1, -0.05) is 0 Å². The van der Waals surface area contributed by atoms with Gasteiger partial charge in [0.05, 0.1) is 18.7 Å². The van der Waals surface area contributed by atoms with Crippen LogP contribution in [0.5, 0.6) is 0 Å². The number of nitrogens with zero attached hydrogens (tertiary/aromatic N) is 3. The van der Waals surface area contributed by atoms with Crippen molar-refractivity contribution in [3.8, 4) is 6.07 Å². The molecule has 1 atom stereocenters. The van der Waals surface area contributed by atoms with E-state index in [-0.39, 0.29) is 12.0 Å². The summed E-state index contributed by atoms with van der Waals surface area (Å²) in [6, 6.07) is 2.14. The normalized spacial score (nSPS) is 18.8. The summed E-state index contributed by atoms with van der Waals surface area (Å²) in [4.78, 5) is 15.8. The van der Waals surface area contributed by atoms with Crippen molar-refractivity contribution in [2.24, 2.45) is 0 Å². The van der Waals surface area contributed by atoms with E-state index in [1.54, 1.807) is 7.11 Å². The van der Waals surface area contributed by atoms with Gasteiger partial charge in [-0.25, -0.2) is 0 Å². The van der Waals surface area contributed by atoms with Crippen LogP contribution in [-0.4, -0.2) is 61.6 Å². The number of nitriles is 1. The average Bonchev–Trinajstić information content (AvgIpc) is 2.36. The van der Waals surface area contributed by atoms with Gasteiger partial charge in [-0.2, -0.15) is 5.26 Å². The third kappa shape index (κ3) is 4.72. The van der Waals surface area contributed by atoms with Gasteiger partial charge in [0, 0.05) is 39.7 Å². The van der Waals surface area contributed by atoms with Crippen LogP contribution in [-0.2, 0) is 9.53 Å². The molecule has 0 aromatic heterocycles. The molecule has 1 aliphatic rings. The second-order valence-electron chi connectivity index (χ2n) is 4.40. The van der Waals surface area contributed by atoms with Crippen LogP contribution < -0.4 is 0 Å². The summed E-state index contributed by atoms with van der Waals surface area (Å²) >= 11 is 0. The van der Waals surface area contributed by atoms with Crippen LogP contribution in [0.3, 0.4) is 0 Å². The molecule has 1 amide bonds. The number of methoxy groups -OCH3 is 1. The predicted octanol–water partition coefficient (Wildman–Crippen LogP) is 0.469. The lowest BCUT2D eigenvalue weighted by Crippen LogP contribution is -2.48. The maximum Gasteiger partial charge on any atom is 0.222 e. The molecule has 17 heavy (non-hydrogen) atoms. The number of ether oxygens (including phenoxy) is 1. The Bertz CT molecular complexity index is 280. The summed E-state index contributed by atoms with van der Waals surface area (Å²) in [5.41, 5.74) is 0. The first-order chi connectivity index (χ1) is 8.17. The van der Waals surface area contributed by atoms with E-state index in [0.29, 0.717) is 13.0 Å². The third-order valence-electron chi connectivity index (χ3n) is 3.19. The maximum absolute atomic E-state index is 11.9. The highest BCUT2D eigenvalue weighted by atomic mass is 16.5. The zero-order chi connectivity index (χ0) is 12.7. The number of carbonyl (C=O) groups excluding carboxylic acids is 1. The van der Waals surface area contributed by atoms with E-state index in [1.807, 2.05) is 11.8 Å². The van der Waals surface area contributed by atoms with Crippen molar-refractivity contribution in [2.75, 3.05) is 39.8 Å². The van der Waals surface area contributed by atoms with E-state index in [1.165, 1.54) is 0 Å². The number of rotatable bonds is 5. The Kier molecular flexibility index (Phi) is 5.95. The number of carbonyl (C=O) groups is 1. The Balaban J connectivity index is 2.24. The topological polar surface area (TPSA) is 56.6 Å². The molecule has 0 spiro atoms. The third-order valence-corrected chi connectivity index (χ3v) is 3.19. The van der Waals surface area contributed by atoms with Gasteiger partial charge >= 0.3 is 0 Å². The summed E-state index contributed by atoms with van der Waals surface area (Å²) in [6.45, 7) is 5.52. The van der Waals surface area contributed by atoms with Crippen LogP contribution >= 0.6 is 0 Å². The molecule has 0 aromatic rings. The van der Waals surface area contributed by atoms with Crippen molar-refractivity contribution >= 4 is 5.91 Å². The van der Waals surface area contributed by atoms with Crippen molar-refractivity contribution in [3.05, 3.63) is 0 Å². The molecule has 0 radical (unpaired) electrons. The highest BCUT2D eigenvalue weighted by molar-refractivity contribution is 5.76. The first-order valence-electron chi connectivity index (χ1n) is 6.07. The summed E-state index contributed by atoms with van der Waals surface area (Å²) in [5.74, 6) is 0.200. The van der Waals surface area contributed by atoms with Gasteiger partial charge in [0.1, 0.15) is 0 Å². The lowest BCUT2D eigenvalue weighted by Gasteiger charge is -2.33. The molecule has 0 aliphatic carbocycles. The van der Waals surface area contributed by atoms with Crippen LogP contribution in [0.25, 0.3) is 0 Å². The van der Waals surface area contributed by atoms with Gasteiger partial charge in [-0.05, 0) is 13.3 Å². The van der Waals surface area contributed by atoms with E-state index >= 15 is 0 Å². The van der Waals surface area contributed by atoms with Gasteiger partial charge in [0.25, 0.3) is 0 Å². The fourth-order valence-corrected chi connectivity index (χ4v) is 1.86. The Morgan fingerprint density at radius 3 is 2.59 bits per heavy atom. The van der Waals surface area contributed by atoms with Crippen molar-refractivity contribution in [1.29, 1.82) is 5.26 Å². The molecular formula is C12H21N3O2. The first-order valence-corrected chi connectivity index (χ1v) is 6.07. The largest absolute Gasteiger partial charge is 0.382 e. The summed E-state index contributed by atoms with van der Waals surface area (Å²) in [7, 11) is 1.66. The maximum atomic E-state index is 11.9. The van der Waals surface area contributed by atoms with E-state index in [0.717, 1.165) is 32.6 Å². The van der Waals surface area contributed by atoms with Crippen LogP contribution in [0, 0.1) is 11.3 Å². The van der Waals surface area contributed by atoms with Crippen molar-refractivity contribution in [2.45, 2.75) is 25.9 Å². The SMILES string of the molecule is COC(C)CCC(=O)N1CCN(CC#N)CC1. The molecule has 5 nitrogen and oxygen atoms in total. The van der Waals surface area contributed by atoms with Crippen molar-refractivity contribution in [1.82, 2.24) is 9.80 Å². The molecule has 1 fully saturated rings. The van der Waals surface area contributed by atoms with Gasteiger partial charge in [0.2, 0.25) is 5.91 Å². The van der Waals surface area contributed by atoms with Gasteiger partial charge in [-0.3, -0.25) is 9.69 Å². The standard InChI is InChI=1S/C12H21N3O2/c1-11(17-2)3-4-12(16)15-9-7-14(6-5-13)8-10-15/h11H,3-4,6-10H2,1-2H3. The lowest BCUT2D eigenvalue weighted by molar-refractivity contribution is -0.133. The predicted molar refractivity (Wildman–Crippen MR) is 64.3 cm³/mol. The highest BCUT2D eigenvalue weighted by Crippen LogP contribution is 2.07. The van der Waals surface area contributed by atoms with E-state index in [4.69, 9.17) is 10.00 Å². The Morgan fingerprint density at radius 1 is 1.41 bits per heavy atom. The minimum atomic E-state index is 0.138. The molecule has 1 unspecified atom stereocenters. The number of hydrogen-bond donors (Lipinski definition) is 0. The molecule has 0 saturated carbocycles. The second-order valence-corrected chi connectivity index (χ2v) is 4.40. The minimum Gasteiger partial charge on any atom is -0.382 e. The molecule has 1 rings (SSSR count). The molecule has 96 valence electrons. The van der Waals surface area contributed by atoms with Gasteiger partial charge in [0.15, 0.2) is 0 Å². The minimum absolute atomic E-state index is 0.138. The summed E-state index contributed by atoms with van der Waals surface area (Å²) in [6.07, 6.45) is 1.46. The molecule has 5 heteroatoms. The zero-order valence-electron chi connectivity index (χ0n) is 10.7. The quantitative estimate of drug-likeness (QED) is 0.654. The summed E-state index contributed by atoms with van der Waals surface area (Å²) < 4.78 is 5.12. The second kappa shape index (κ2) is 7.25. The fourth-order valence-electron chi connectivity index (χ4n) is 1.86. The zero-order valence-corrected chi connectivity index (χ0v) is 10.7. The average molecular weight is 239 g/mol. The molecule has 1 aliphatic heterocycles. The van der Waals surface area contributed by atoms with E-state index in [9.17, 15) is 4.79 Å². The van der Waals surface area contributed by atoms with E-state index < -0.39 is 0 Å². The Hall–Kier alpha value is -1.12. The fraction of sp³-hybridized carbons (Fsp3) is 0.833. The molecule has 1 heterocycles. The number of amides is 1. The van der Waals surface area contributed by atoms with Crippen LogP contribution in [0.15, 0.2) is 0 Å². The smallest absolute Gasteiger partial charge is 0.222 e. The molecular weight excluding hydrogens is 218 g/mol.